The molecule has 394 valence electrons. The van der Waals surface area contributed by atoms with Crippen molar-refractivity contribution in [2.24, 2.45) is 39.6 Å². The Morgan fingerprint density at radius 1 is 0.718 bits per heavy atom. The number of guanidine groups is 1. The van der Waals surface area contributed by atoms with E-state index in [1.54, 1.807) is 44.2 Å². The van der Waals surface area contributed by atoms with Gasteiger partial charge in [-0.05, 0) is 56.9 Å². The minimum atomic E-state index is -1.76. The van der Waals surface area contributed by atoms with Crippen molar-refractivity contribution in [3.05, 3.63) is 35.9 Å². The molecule has 1 heterocycles. The summed E-state index contributed by atoms with van der Waals surface area (Å²) < 4.78 is 0. The predicted octanol–water partition coefficient (Wildman–Crippen LogP) is -5.70. The molecule has 2 rings (SSSR count). The van der Waals surface area contributed by atoms with Crippen molar-refractivity contribution in [3.8, 4) is 0 Å². The SMILES string of the molecule is CC[C@H](C)[C@H](NC(=O)[C@@H](NC(=O)[C@H](CCC(N)=O)NC(=O)[C@@H]1CCCN1C(=O)CNC(=O)[C@@H](N)CCCN=C(N)N)[C@@H](C)O)C(=O)N[C@@H](Cc1ccccc1)C(=O)NCC(=O)N[C@@H](CCC(N)=O)C(=O)O. The Balaban J connectivity index is 2.23. The first-order valence-electron chi connectivity index (χ1n) is 23.1. The van der Waals surface area contributed by atoms with Crippen LogP contribution in [0.2, 0.25) is 0 Å². The lowest BCUT2D eigenvalue weighted by atomic mass is 9.96. The summed E-state index contributed by atoms with van der Waals surface area (Å²) in [5.74, 6) is -10.6. The van der Waals surface area contributed by atoms with Crippen LogP contribution in [-0.2, 0) is 59.2 Å². The van der Waals surface area contributed by atoms with E-state index in [0.29, 0.717) is 24.8 Å². The van der Waals surface area contributed by atoms with Crippen molar-refractivity contribution in [3.63, 3.8) is 0 Å². The normalized spacial score (nSPS) is 16.4. The van der Waals surface area contributed by atoms with Crippen molar-refractivity contribution in [2.75, 3.05) is 26.2 Å². The van der Waals surface area contributed by atoms with Gasteiger partial charge in [0.05, 0.1) is 25.2 Å². The summed E-state index contributed by atoms with van der Waals surface area (Å²) in [5.41, 5.74) is 27.5. The molecule has 27 heteroatoms. The third-order valence-electron chi connectivity index (χ3n) is 11.4. The van der Waals surface area contributed by atoms with Gasteiger partial charge in [-0.3, -0.25) is 52.9 Å². The van der Waals surface area contributed by atoms with Crippen LogP contribution in [0.15, 0.2) is 35.3 Å². The minimum Gasteiger partial charge on any atom is -0.480 e. The fourth-order valence-electron chi connectivity index (χ4n) is 7.21. The molecule has 71 heavy (non-hydrogen) atoms. The molecule has 1 aliphatic rings. The molecule has 9 atom stereocenters. The minimum absolute atomic E-state index is 0.107. The van der Waals surface area contributed by atoms with Gasteiger partial charge in [0.15, 0.2) is 5.96 Å². The molecule has 0 radical (unpaired) electrons. The van der Waals surface area contributed by atoms with E-state index in [2.05, 4.69) is 42.2 Å². The number of nitrogens with one attached hydrogen (secondary N) is 7. The van der Waals surface area contributed by atoms with E-state index in [0.717, 1.165) is 0 Å². The van der Waals surface area contributed by atoms with Crippen LogP contribution in [0.1, 0.15) is 84.1 Å². The maximum absolute atomic E-state index is 14.0. The fourth-order valence-corrected chi connectivity index (χ4v) is 7.21. The molecule has 0 saturated carbocycles. The van der Waals surface area contributed by atoms with Crippen LogP contribution in [0.5, 0.6) is 0 Å². The Morgan fingerprint density at radius 2 is 1.31 bits per heavy atom. The van der Waals surface area contributed by atoms with E-state index >= 15 is 0 Å². The number of aliphatic hydroxyl groups excluding tert-OH is 1. The zero-order chi connectivity index (χ0) is 53.4. The lowest BCUT2D eigenvalue weighted by Gasteiger charge is -2.30. The van der Waals surface area contributed by atoms with Crippen LogP contribution in [-0.4, -0.2) is 161 Å². The molecule has 10 amide bonds. The number of aliphatic hydroxyl groups is 1. The van der Waals surface area contributed by atoms with Gasteiger partial charge in [-0.2, -0.15) is 0 Å². The number of hydrogen-bond donors (Lipinski definition) is 14. The van der Waals surface area contributed by atoms with Gasteiger partial charge >= 0.3 is 5.97 Å². The van der Waals surface area contributed by atoms with Crippen LogP contribution in [0.3, 0.4) is 0 Å². The first-order chi connectivity index (χ1) is 33.4. The molecular formula is C44H70N14O13. The number of nitrogens with zero attached hydrogens (tertiary/aromatic N) is 2. The highest BCUT2D eigenvalue weighted by Crippen LogP contribution is 2.18. The fraction of sp³-hybridized carbons (Fsp3) is 0.591. The number of rotatable bonds is 31. The van der Waals surface area contributed by atoms with Crippen LogP contribution in [0.4, 0.5) is 0 Å². The summed E-state index contributed by atoms with van der Waals surface area (Å²) in [5, 5.41) is 37.2. The molecule has 0 aromatic heterocycles. The lowest BCUT2D eigenvalue weighted by molar-refractivity contribution is -0.142. The number of hydrogen-bond acceptors (Lipinski definition) is 14. The van der Waals surface area contributed by atoms with Crippen molar-refractivity contribution in [1.29, 1.82) is 0 Å². The van der Waals surface area contributed by atoms with Crippen molar-refractivity contribution in [1.82, 2.24) is 42.1 Å². The zero-order valence-corrected chi connectivity index (χ0v) is 40.1. The molecule has 1 aromatic carbocycles. The third-order valence-corrected chi connectivity index (χ3v) is 11.4. The standard InChI is InChI=1S/C44H70N14O13/c1-4-23(2)35(41(68)55-29(20-25-10-6-5-7-11-25)38(65)51-21-33(62)53-28(43(70)71)15-17-32(47)61)56-42(69)36(24(3)59)57-39(66)27(14-16-31(46)60)54-40(67)30-13-9-19-58(30)34(63)22-52-37(64)26(45)12-8-18-50-44(48)49/h5-7,10-11,23-24,26-30,35-36,59H,4,8-9,12-22,45H2,1-3H3,(H2,46,60)(H2,47,61)(H,51,65)(H,52,64)(H,53,62)(H,54,67)(H,55,68)(H,56,69)(H,57,66)(H,70,71)(H4,48,49,50)/t23-,24+,26-,27-,28-,29-,30-,35-,36-/m0/s1. The first kappa shape index (κ1) is 59.7. The smallest absolute Gasteiger partial charge is 0.326 e. The number of aliphatic imine (C=N–C) groups is 1. The van der Waals surface area contributed by atoms with E-state index in [9.17, 15) is 63.0 Å². The Kier molecular flexibility index (Phi) is 25.4. The number of carboxylic acid groups (broad SMARTS) is 1. The van der Waals surface area contributed by atoms with E-state index in [1.165, 1.54) is 11.8 Å². The summed E-state index contributed by atoms with van der Waals surface area (Å²) in [6, 6.07) is -1.18. The number of amides is 10. The van der Waals surface area contributed by atoms with Crippen molar-refractivity contribution < 1.29 is 63.0 Å². The number of nitrogens with two attached hydrogens (primary N) is 5. The maximum atomic E-state index is 14.0. The second-order valence-corrected chi connectivity index (χ2v) is 17.1. The molecule has 27 nitrogen and oxygen atoms in total. The van der Waals surface area contributed by atoms with Gasteiger partial charge in [0, 0.05) is 32.4 Å². The van der Waals surface area contributed by atoms with Gasteiger partial charge in [-0.15, -0.1) is 0 Å². The predicted molar refractivity (Wildman–Crippen MR) is 254 cm³/mol. The number of likely N-dealkylation sites (tertiary alicyclic amines) is 1. The molecule has 1 aromatic rings. The van der Waals surface area contributed by atoms with Gasteiger partial charge < -0.3 is 81.0 Å². The number of carbonyl (C=O) groups is 11. The summed E-state index contributed by atoms with van der Waals surface area (Å²) >= 11 is 0. The van der Waals surface area contributed by atoms with Crippen LogP contribution in [0, 0.1) is 5.92 Å². The molecule has 0 spiro atoms. The molecule has 0 aliphatic carbocycles. The van der Waals surface area contributed by atoms with Crippen molar-refractivity contribution >= 4 is 71.0 Å². The molecule has 0 unspecified atom stereocenters. The highest BCUT2D eigenvalue weighted by atomic mass is 16.4. The Hall–Kier alpha value is -7.42. The van der Waals surface area contributed by atoms with E-state index in [4.69, 9.17) is 28.7 Å². The number of benzene rings is 1. The largest absolute Gasteiger partial charge is 0.480 e. The van der Waals surface area contributed by atoms with Crippen LogP contribution in [0.25, 0.3) is 0 Å². The summed E-state index contributed by atoms with van der Waals surface area (Å²) in [6.07, 6.45) is -1.66. The number of aliphatic carboxylic acids is 1. The van der Waals surface area contributed by atoms with Crippen LogP contribution < -0.4 is 65.9 Å². The summed E-state index contributed by atoms with van der Waals surface area (Å²) in [4.78, 5) is 147. The summed E-state index contributed by atoms with van der Waals surface area (Å²) in [7, 11) is 0. The van der Waals surface area contributed by atoms with E-state index in [1.807, 2.05) is 0 Å². The monoisotopic (exact) mass is 1000 g/mol. The van der Waals surface area contributed by atoms with Gasteiger partial charge in [-0.1, -0.05) is 50.6 Å². The Bertz CT molecular complexity index is 2070. The Morgan fingerprint density at radius 3 is 1.89 bits per heavy atom. The van der Waals surface area contributed by atoms with Gasteiger partial charge in [0.25, 0.3) is 0 Å². The molecule has 1 aliphatic heterocycles. The molecule has 0 bridgehead atoms. The topological polar surface area (TPSA) is 458 Å². The van der Waals surface area contributed by atoms with Gasteiger partial charge in [0.1, 0.15) is 36.3 Å². The van der Waals surface area contributed by atoms with Crippen molar-refractivity contribution in [2.45, 2.75) is 133 Å². The lowest BCUT2D eigenvalue weighted by Crippen LogP contribution is -2.62. The molecular weight excluding hydrogens is 933 g/mol. The highest BCUT2D eigenvalue weighted by molar-refractivity contribution is 5.98. The van der Waals surface area contributed by atoms with Crippen LogP contribution >= 0.6 is 0 Å². The molecule has 19 N–H and O–H groups in total. The number of primary amides is 2. The first-order valence-corrected chi connectivity index (χ1v) is 23.1. The zero-order valence-electron chi connectivity index (χ0n) is 40.1. The quantitative estimate of drug-likeness (QED) is 0.0187. The average molecular weight is 1000 g/mol. The van der Waals surface area contributed by atoms with E-state index < -0.39 is 139 Å². The van der Waals surface area contributed by atoms with E-state index in [-0.39, 0.29) is 57.6 Å². The number of carbonyl (C=O) groups excluding carboxylic acids is 10. The summed E-state index contributed by atoms with van der Waals surface area (Å²) in [6.45, 7) is 3.66. The second-order valence-electron chi connectivity index (χ2n) is 17.1. The molecule has 1 saturated heterocycles. The third kappa shape index (κ3) is 21.4. The van der Waals surface area contributed by atoms with Gasteiger partial charge in [0.2, 0.25) is 59.1 Å². The maximum Gasteiger partial charge on any atom is 0.326 e. The Labute approximate surface area is 410 Å². The highest BCUT2D eigenvalue weighted by Gasteiger charge is 2.38. The van der Waals surface area contributed by atoms with Gasteiger partial charge in [-0.25, -0.2) is 4.79 Å². The second kappa shape index (κ2) is 30.2. The number of carboxylic acids is 1. The average Bonchev–Trinajstić information content (AvgIpc) is 3.82. The molecule has 1 fully saturated rings.